The molecule has 0 bridgehead atoms. The van der Waals surface area contributed by atoms with Crippen molar-refractivity contribution >= 4 is 10.0 Å². The average Bonchev–Trinajstić information content (AvgIpc) is 2.45. The van der Waals surface area contributed by atoms with Crippen molar-refractivity contribution in [2.24, 2.45) is 0 Å². The lowest BCUT2D eigenvalue weighted by atomic mass is 10.1. The van der Waals surface area contributed by atoms with Gasteiger partial charge in [-0.2, -0.15) is 0 Å². The third-order valence-corrected chi connectivity index (χ3v) is 4.86. The first kappa shape index (κ1) is 17.1. The van der Waals surface area contributed by atoms with Crippen LogP contribution in [0.15, 0.2) is 29.2 Å². The van der Waals surface area contributed by atoms with Gasteiger partial charge < -0.3 is 5.32 Å². The topological polar surface area (TPSA) is 58.2 Å². The quantitative estimate of drug-likeness (QED) is 0.689. The molecule has 0 heterocycles. The Morgan fingerprint density at radius 1 is 1.20 bits per heavy atom. The second-order valence-corrected chi connectivity index (χ2v) is 6.69. The summed E-state index contributed by atoms with van der Waals surface area (Å²) >= 11 is 0. The van der Waals surface area contributed by atoms with Gasteiger partial charge in [0.05, 0.1) is 4.90 Å². The van der Waals surface area contributed by atoms with E-state index in [1.807, 2.05) is 13.1 Å². The first-order valence-corrected chi connectivity index (χ1v) is 8.80. The number of sulfonamides is 1. The molecule has 5 heteroatoms. The second kappa shape index (κ2) is 8.39. The number of benzene rings is 1. The number of unbranched alkanes of at least 4 members (excludes halogenated alkanes) is 2. The summed E-state index contributed by atoms with van der Waals surface area (Å²) < 4.78 is 27.1. The van der Waals surface area contributed by atoms with Gasteiger partial charge >= 0.3 is 0 Å². The van der Waals surface area contributed by atoms with Crippen molar-refractivity contribution in [3.63, 3.8) is 0 Å². The molecular formula is C15H26N2O2S. The molecule has 2 N–H and O–H groups in total. The molecule has 1 unspecified atom stereocenters. The van der Waals surface area contributed by atoms with Crippen LogP contribution in [-0.2, 0) is 10.0 Å². The van der Waals surface area contributed by atoms with Gasteiger partial charge in [-0.15, -0.1) is 0 Å². The fourth-order valence-electron chi connectivity index (χ4n) is 2.17. The summed E-state index contributed by atoms with van der Waals surface area (Å²) in [5.74, 6) is 0. The Morgan fingerprint density at radius 2 is 1.95 bits per heavy atom. The molecular weight excluding hydrogens is 272 g/mol. The van der Waals surface area contributed by atoms with Crippen LogP contribution >= 0.6 is 0 Å². The lowest BCUT2D eigenvalue weighted by Gasteiger charge is -2.15. The van der Waals surface area contributed by atoms with Crippen LogP contribution in [-0.4, -0.2) is 22.0 Å². The summed E-state index contributed by atoms with van der Waals surface area (Å²) in [5.41, 5.74) is 1.01. The standard InChI is InChI=1S/C15H26N2O2S/c1-4-6-7-11-17-20(18,19)14-10-8-9-13(12-14)15(5-2)16-3/h8-10,12,15-17H,4-7,11H2,1-3H3. The highest BCUT2D eigenvalue weighted by atomic mass is 32.2. The molecule has 0 fully saturated rings. The van der Waals surface area contributed by atoms with E-state index in [0.29, 0.717) is 11.4 Å². The summed E-state index contributed by atoms with van der Waals surface area (Å²) in [4.78, 5) is 0.347. The lowest BCUT2D eigenvalue weighted by Crippen LogP contribution is -2.25. The average molecular weight is 298 g/mol. The fraction of sp³-hybridized carbons (Fsp3) is 0.600. The predicted octanol–water partition coefficient (Wildman–Crippen LogP) is 2.83. The highest BCUT2D eigenvalue weighted by molar-refractivity contribution is 7.89. The first-order valence-electron chi connectivity index (χ1n) is 7.32. The zero-order chi connectivity index (χ0) is 15.0. The van der Waals surface area contributed by atoms with E-state index in [4.69, 9.17) is 0 Å². The van der Waals surface area contributed by atoms with Gasteiger partial charge in [-0.25, -0.2) is 13.1 Å². The summed E-state index contributed by atoms with van der Waals surface area (Å²) in [5, 5.41) is 3.19. The molecule has 0 aromatic heterocycles. The summed E-state index contributed by atoms with van der Waals surface area (Å²) in [6.07, 6.45) is 3.92. The third-order valence-electron chi connectivity index (χ3n) is 3.40. The third kappa shape index (κ3) is 4.89. The van der Waals surface area contributed by atoms with Crippen LogP contribution < -0.4 is 10.0 Å². The van der Waals surface area contributed by atoms with Gasteiger partial charge in [0, 0.05) is 12.6 Å². The molecule has 0 aliphatic carbocycles. The molecule has 20 heavy (non-hydrogen) atoms. The zero-order valence-electron chi connectivity index (χ0n) is 12.6. The fourth-order valence-corrected chi connectivity index (χ4v) is 3.30. The number of rotatable bonds is 9. The van der Waals surface area contributed by atoms with E-state index >= 15 is 0 Å². The Morgan fingerprint density at radius 3 is 2.55 bits per heavy atom. The smallest absolute Gasteiger partial charge is 0.240 e. The predicted molar refractivity (Wildman–Crippen MR) is 83.2 cm³/mol. The maximum Gasteiger partial charge on any atom is 0.240 e. The normalized spacial score (nSPS) is 13.3. The van der Waals surface area contributed by atoms with Crippen LogP contribution in [0.3, 0.4) is 0 Å². The van der Waals surface area contributed by atoms with Crippen LogP contribution in [0.1, 0.15) is 51.1 Å². The van der Waals surface area contributed by atoms with Crippen molar-refractivity contribution in [1.29, 1.82) is 0 Å². The van der Waals surface area contributed by atoms with Gasteiger partial charge in [0.25, 0.3) is 0 Å². The Labute approximate surface area is 123 Å². The molecule has 0 aliphatic heterocycles. The Kier molecular flexibility index (Phi) is 7.19. The van der Waals surface area contributed by atoms with Crippen molar-refractivity contribution in [2.45, 2.75) is 50.5 Å². The Hall–Kier alpha value is -0.910. The van der Waals surface area contributed by atoms with Crippen LogP contribution in [0.5, 0.6) is 0 Å². The number of nitrogens with one attached hydrogen (secondary N) is 2. The van der Waals surface area contributed by atoms with Crippen molar-refractivity contribution in [2.75, 3.05) is 13.6 Å². The molecule has 0 spiro atoms. The molecule has 1 aromatic rings. The summed E-state index contributed by atoms with van der Waals surface area (Å²) in [6, 6.07) is 7.35. The minimum absolute atomic E-state index is 0.185. The highest BCUT2D eigenvalue weighted by Crippen LogP contribution is 2.19. The van der Waals surface area contributed by atoms with Crippen molar-refractivity contribution in [3.05, 3.63) is 29.8 Å². The minimum atomic E-state index is -3.39. The zero-order valence-corrected chi connectivity index (χ0v) is 13.5. The molecule has 0 saturated carbocycles. The van der Waals surface area contributed by atoms with E-state index in [1.54, 1.807) is 18.2 Å². The van der Waals surface area contributed by atoms with E-state index < -0.39 is 10.0 Å². The summed E-state index contributed by atoms with van der Waals surface area (Å²) in [6.45, 7) is 4.68. The van der Waals surface area contributed by atoms with E-state index in [9.17, 15) is 8.42 Å². The van der Waals surface area contributed by atoms with Crippen molar-refractivity contribution in [3.8, 4) is 0 Å². The molecule has 114 valence electrons. The van der Waals surface area contributed by atoms with Gasteiger partial charge in [0.1, 0.15) is 0 Å². The van der Waals surface area contributed by atoms with E-state index in [0.717, 1.165) is 31.2 Å². The maximum absolute atomic E-state index is 12.2. The SMILES string of the molecule is CCCCCNS(=O)(=O)c1cccc(C(CC)NC)c1. The molecule has 0 aliphatic rings. The Balaban J connectivity index is 2.82. The van der Waals surface area contributed by atoms with Crippen LogP contribution in [0.4, 0.5) is 0 Å². The first-order chi connectivity index (χ1) is 9.55. The monoisotopic (exact) mass is 298 g/mol. The van der Waals surface area contributed by atoms with E-state index in [2.05, 4.69) is 23.9 Å². The highest BCUT2D eigenvalue weighted by Gasteiger charge is 2.15. The van der Waals surface area contributed by atoms with Crippen molar-refractivity contribution in [1.82, 2.24) is 10.0 Å². The molecule has 0 amide bonds. The van der Waals surface area contributed by atoms with Crippen LogP contribution in [0.25, 0.3) is 0 Å². The van der Waals surface area contributed by atoms with Gasteiger partial charge in [-0.3, -0.25) is 0 Å². The Bertz CT molecular complexity index is 496. The van der Waals surface area contributed by atoms with Crippen LogP contribution in [0, 0.1) is 0 Å². The van der Waals surface area contributed by atoms with E-state index in [-0.39, 0.29) is 6.04 Å². The van der Waals surface area contributed by atoms with Gasteiger partial charge in [-0.05, 0) is 37.6 Å². The van der Waals surface area contributed by atoms with Gasteiger partial charge in [-0.1, -0.05) is 38.8 Å². The molecule has 1 rings (SSSR count). The molecule has 4 nitrogen and oxygen atoms in total. The largest absolute Gasteiger partial charge is 0.313 e. The summed E-state index contributed by atoms with van der Waals surface area (Å²) in [7, 11) is -1.50. The van der Waals surface area contributed by atoms with Crippen LogP contribution in [0.2, 0.25) is 0 Å². The number of hydrogen-bond donors (Lipinski definition) is 2. The molecule has 1 aromatic carbocycles. The molecule has 1 atom stereocenters. The van der Waals surface area contributed by atoms with Gasteiger partial charge in [0.2, 0.25) is 10.0 Å². The molecule has 0 saturated heterocycles. The van der Waals surface area contributed by atoms with Gasteiger partial charge in [0.15, 0.2) is 0 Å². The second-order valence-electron chi connectivity index (χ2n) is 4.93. The number of hydrogen-bond acceptors (Lipinski definition) is 3. The van der Waals surface area contributed by atoms with Crippen molar-refractivity contribution < 1.29 is 8.42 Å². The van der Waals surface area contributed by atoms with E-state index in [1.165, 1.54) is 0 Å². The maximum atomic E-state index is 12.2. The molecule has 0 radical (unpaired) electrons. The lowest BCUT2D eigenvalue weighted by molar-refractivity contribution is 0.568. The minimum Gasteiger partial charge on any atom is -0.313 e.